The lowest BCUT2D eigenvalue weighted by atomic mass is 9.98. The largest absolute Gasteiger partial charge is 0.481 e. The van der Waals surface area contributed by atoms with Crippen molar-refractivity contribution in [2.75, 3.05) is 0 Å². The third kappa shape index (κ3) is 3.54. The van der Waals surface area contributed by atoms with Gasteiger partial charge in [-0.25, -0.2) is 0 Å². The van der Waals surface area contributed by atoms with Crippen molar-refractivity contribution in [1.82, 2.24) is 10.5 Å². The van der Waals surface area contributed by atoms with Gasteiger partial charge in [0.15, 0.2) is 0 Å². The molecule has 0 spiro atoms. The fourth-order valence-corrected chi connectivity index (χ4v) is 3.20. The second-order valence-electron chi connectivity index (χ2n) is 5.13. The summed E-state index contributed by atoms with van der Waals surface area (Å²) < 4.78 is 5.09. The molecule has 0 radical (unpaired) electrons. The van der Waals surface area contributed by atoms with Crippen molar-refractivity contribution in [2.24, 2.45) is 0 Å². The molecule has 0 saturated heterocycles. The third-order valence-corrected chi connectivity index (χ3v) is 4.48. The zero-order valence-electron chi connectivity index (χ0n) is 12.6. The van der Waals surface area contributed by atoms with Crippen molar-refractivity contribution in [1.29, 1.82) is 0 Å². The van der Waals surface area contributed by atoms with Gasteiger partial charge in [-0.15, -0.1) is 11.3 Å². The topological polar surface area (TPSA) is 92.4 Å². The average Bonchev–Trinajstić information content (AvgIpc) is 3.07. The van der Waals surface area contributed by atoms with Crippen LogP contribution in [-0.2, 0) is 9.59 Å². The van der Waals surface area contributed by atoms with E-state index in [2.05, 4.69) is 10.5 Å². The molecular formula is C15H18N2O4S. The number of carbonyl (C=O) groups is 2. The summed E-state index contributed by atoms with van der Waals surface area (Å²) in [6.07, 6.45) is -0.152. The van der Waals surface area contributed by atoms with Crippen LogP contribution in [0.25, 0.3) is 0 Å². The van der Waals surface area contributed by atoms with Gasteiger partial charge in [0.1, 0.15) is 5.76 Å². The maximum atomic E-state index is 12.5. The minimum atomic E-state index is -0.955. The number of hydrogen-bond donors (Lipinski definition) is 2. The number of thiophene rings is 1. The molecule has 0 saturated carbocycles. The molecule has 1 amide bonds. The van der Waals surface area contributed by atoms with Crippen LogP contribution in [0.15, 0.2) is 22.0 Å². The van der Waals surface area contributed by atoms with Crippen molar-refractivity contribution in [3.05, 3.63) is 39.4 Å². The van der Waals surface area contributed by atoms with Crippen LogP contribution in [0, 0.1) is 13.8 Å². The molecule has 0 aliphatic heterocycles. The summed E-state index contributed by atoms with van der Waals surface area (Å²) in [6, 6.07) is 3.12. The number of aliphatic carboxylic acids is 1. The number of aromatic nitrogens is 1. The Morgan fingerprint density at radius 3 is 2.68 bits per heavy atom. The Morgan fingerprint density at radius 1 is 1.45 bits per heavy atom. The van der Waals surface area contributed by atoms with E-state index in [1.165, 1.54) is 11.3 Å². The number of carbonyl (C=O) groups excluding carboxylic acids is 1. The molecule has 2 aromatic rings. The summed E-state index contributed by atoms with van der Waals surface area (Å²) in [6.45, 7) is 5.30. The van der Waals surface area contributed by atoms with E-state index in [9.17, 15) is 9.59 Å². The second kappa shape index (κ2) is 6.74. The molecule has 0 aromatic carbocycles. The van der Waals surface area contributed by atoms with Gasteiger partial charge in [-0.1, -0.05) is 11.2 Å². The molecule has 6 nitrogen and oxygen atoms in total. The predicted octanol–water partition coefficient (Wildman–Crippen LogP) is 2.79. The second-order valence-corrected chi connectivity index (χ2v) is 6.11. The Bertz CT molecular complexity index is 644. The highest BCUT2D eigenvalue weighted by Gasteiger charge is 2.26. The van der Waals surface area contributed by atoms with Crippen molar-refractivity contribution < 1.29 is 19.2 Å². The van der Waals surface area contributed by atoms with Crippen LogP contribution in [-0.4, -0.2) is 22.1 Å². The number of aryl methyl sites for hydroxylation is 2. The number of nitrogens with zero attached hydrogens (tertiary/aromatic N) is 1. The van der Waals surface area contributed by atoms with Gasteiger partial charge in [-0.2, -0.15) is 0 Å². The van der Waals surface area contributed by atoms with Gasteiger partial charge in [0.2, 0.25) is 5.91 Å². The lowest BCUT2D eigenvalue weighted by Crippen LogP contribution is -2.33. The third-order valence-electron chi connectivity index (χ3n) is 3.50. The number of hydrogen-bond acceptors (Lipinski definition) is 5. The average molecular weight is 322 g/mol. The SMILES string of the molecule is Cc1noc(C)c1[C@@H](C)C(=O)N[C@H](CC(=O)O)c1cccs1. The van der Waals surface area contributed by atoms with Crippen molar-refractivity contribution in [3.8, 4) is 0 Å². The summed E-state index contributed by atoms with van der Waals surface area (Å²) in [5.74, 6) is -1.05. The first kappa shape index (κ1) is 16.2. The predicted molar refractivity (Wildman–Crippen MR) is 81.8 cm³/mol. The van der Waals surface area contributed by atoms with E-state index in [1.54, 1.807) is 20.8 Å². The minimum Gasteiger partial charge on any atom is -0.481 e. The quantitative estimate of drug-likeness (QED) is 0.853. The summed E-state index contributed by atoms with van der Waals surface area (Å²) in [4.78, 5) is 24.3. The van der Waals surface area contributed by atoms with E-state index in [0.29, 0.717) is 11.5 Å². The van der Waals surface area contributed by atoms with E-state index < -0.39 is 17.9 Å². The minimum absolute atomic E-state index is 0.152. The summed E-state index contributed by atoms with van der Waals surface area (Å²) in [5, 5.41) is 17.6. The molecule has 7 heteroatoms. The zero-order chi connectivity index (χ0) is 16.3. The van der Waals surface area contributed by atoms with Gasteiger partial charge >= 0.3 is 5.97 Å². The molecule has 2 rings (SSSR count). The van der Waals surface area contributed by atoms with E-state index >= 15 is 0 Å². The van der Waals surface area contributed by atoms with Gasteiger partial charge in [0.05, 0.1) is 24.1 Å². The van der Waals surface area contributed by atoms with Crippen LogP contribution >= 0.6 is 11.3 Å². The van der Waals surface area contributed by atoms with E-state index in [4.69, 9.17) is 9.63 Å². The first-order chi connectivity index (χ1) is 10.4. The summed E-state index contributed by atoms with van der Waals surface area (Å²) >= 11 is 1.42. The molecule has 22 heavy (non-hydrogen) atoms. The Morgan fingerprint density at radius 2 is 2.18 bits per heavy atom. The van der Waals surface area contributed by atoms with Gasteiger partial charge in [-0.05, 0) is 32.2 Å². The number of carboxylic acid groups (broad SMARTS) is 1. The van der Waals surface area contributed by atoms with Crippen molar-refractivity contribution in [3.63, 3.8) is 0 Å². The molecule has 2 N–H and O–H groups in total. The van der Waals surface area contributed by atoms with Gasteiger partial charge < -0.3 is 14.9 Å². The standard InChI is InChI=1S/C15H18N2O4S/c1-8(14-9(2)17-21-10(14)3)15(20)16-11(7-13(18)19)12-5-4-6-22-12/h4-6,8,11H,7H2,1-3H3,(H,16,20)(H,18,19)/t8-,11-/m1/s1. The first-order valence-electron chi connectivity index (χ1n) is 6.88. The van der Waals surface area contributed by atoms with Gasteiger partial charge in [0.25, 0.3) is 0 Å². The fraction of sp³-hybridized carbons (Fsp3) is 0.400. The Hall–Kier alpha value is -2.15. The zero-order valence-corrected chi connectivity index (χ0v) is 13.4. The van der Waals surface area contributed by atoms with E-state index in [0.717, 1.165) is 10.4 Å². The van der Waals surface area contributed by atoms with Crippen molar-refractivity contribution in [2.45, 2.75) is 39.2 Å². The van der Waals surface area contributed by atoms with Crippen molar-refractivity contribution >= 4 is 23.2 Å². The van der Waals surface area contributed by atoms with Gasteiger partial charge in [-0.3, -0.25) is 9.59 Å². The molecule has 0 unspecified atom stereocenters. The molecule has 0 bridgehead atoms. The summed E-state index contributed by atoms with van der Waals surface area (Å²) in [7, 11) is 0. The smallest absolute Gasteiger partial charge is 0.305 e. The highest BCUT2D eigenvalue weighted by molar-refractivity contribution is 7.10. The molecule has 0 fully saturated rings. The lowest BCUT2D eigenvalue weighted by molar-refractivity contribution is -0.137. The van der Waals surface area contributed by atoms with Gasteiger partial charge in [0, 0.05) is 10.4 Å². The summed E-state index contributed by atoms with van der Waals surface area (Å²) in [5.41, 5.74) is 1.42. The van der Waals surface area contributed by atoms with Crippen LogP contribution in [0.5, 0.6) is 0 Å². The molecule has 0 aliphatic carbocycles. The molecule has 118 valence electrons. The van der Waals surface area contributed by atoms with Crippen LogP contribution in [0.1, 0.15) is 47.2 Å². The van der Waals surface area contributed by atoms with Crippen LogP contribution in [0.2, 0.25) is 0 Å². The molecule has 0 aliphatic rings. The van der Waals surface area contributed by atoms with E-state index in [1.807, 2.05) is 17.5 Å². The van der Waals surface area contributed by atoms with Crippen LogP contribution in [0.3, 0.4) is 0 Å². The van der Waals surface area contributed by atoms with Crippen LogP contribution in [0.4, 0.5) is 0 Å². The van der Waals surface area contributed by atoms with Crippen LogP contribution < -0.4 is 5.32 Å². The number of nitrogens with one attached hydrogen (secondary N) is 1. The Kier molecular flexibility index (Phi) is 4.97. The molecule has 2 heterocycles. The molecule has 2 atom stereocenters. The number of carboxylic acids is 1. The monoisotopic (exact) mass is 322 g/mol. The lowest BCUT2D eigenvalue weighted by Gasteiger charge is -2.19. The maximum Gasteiger partial charge on any atom is 0.305 e. The number of amides is 1. The fourth-order valence-electron chi connectivity index (χ4n) is 2.42. The highest BCUT2D eigenvalue weighted by Crippen LogP contribution is 2.26. The molecule has 2 aromatic heterocycles. The normalized spacial score (nSPS) is 13.6. The Labute approximate surface area is 132 Å². The van der Waals surface area contributed by atoms with E-state index in [-0.39, 0.29) is 12.3 Å². The number of rotatable bonds is 6. The highest BCUT2D eigenvalue weighted by atomic mass is 32.1. The molecular weight excluding hydrogens is 304 g/mol. The maximum absolute atomic E-state index is 12.5. The first-order valence-corrected chi connectivity index (χ1v) is 7.76. The Balaban J connectivity index is 2.16.